The molecule has 1 saturated heterocycles. The number of carbonyl (C=O) groups is 1. The van der Waals surface area contributed by atoms with Crippen molar-refractivity contribution in [2.45, 2.75) is 25.7 Å². The first kappa shape index (κ1) is 22.1. The molecular weight excluding hydrogens is 428 g/mol. The Morgan fingerprint density at radius 3 is 2.33 bits per heavy atom. The fraction of sp³-hybridized carbons (Fsp3) is 0.350. The third-order valence-corrected chi connectivity index (χ3v) is 8.51. The fourth-order valence-corrected chi connectivity index (χ4v) is 6.83. The van der Waals surface area contributed by atoms with E-state index in [1.54, 1.807) is 44.2 Å². The van der Waals surface area contributed by atoms with Crippen LogP contribution >= 0.6 is 0 Å². The van der Waals surface area contributed by atoms with E-state index in [2.05, 4.69) is 0 Å². The molecule has 0 aliphatic carbocycles. The van der Waals surface area contributed by atoms with Crippen LogP contribution in [0.5, 0.6) is 5.75 Å². The Balaban J connectivity index is 2.17. The highest BCUT2D eigenvalue weighted by Gasteiger charge is 2.42. The maximum atomic E-state index is 13.5. The van der Waals surface area contributed by atoms with Crippen LogP contribution in [0.4, 0.5) is 11.4 Å². The Bertz CT molecular complexity index is 1150. The minimum Gasteiger partial charge on any atom is -0.492 e. The van der Waals surface area contributed by atoms with Crippen LogP contribution in [0.1, 0.15) is 20.8 Å². The number of hydrogen-bond donors (Lipinski definition) is 0. The number of benzene rings is 2. The standard InChI is InChI=1S/C20H24N2O6S2/c1-4-21(16-9-7-6-8-10-16)30(26,27)19-13-17(11-12-18(19)28-5-2)22-20(23)15(3)14-29(22,24)25/h6-13,15H,4-5,14H2,1-3H3. The van der Waals surface area contributed by atoms with Gasteiger partial charge in [-0.25, -0.2) is 21.1 Å². The number of hydrogen-bond acceptors (Lipinski definition) is 6. The molecule has 0 spiro atoms. The van der Waals surface area contributed by atoms with E-state index in [-0.39, 0.29) is 35.2 Å². The second-order valence-corrected chi connectivity index (χ2v) is 10.5. The zero-order chi connectivity index (χ0) is 22.1. The van der Waals surface area contributed by atoms with Crippen molar-refractivity contribution >= 4 is 37.3 Å². The van der Waals surface area contributed by atoms with E-state index in [0.717, 1.165) is 0 Å². The van der Waals surface area contributed by atoms with Gasteiger partial charge in [0.05, 0.1) is 29.7 Å². The first-order chi connectivity index (χ1) is 14.1. The van der Waals surface area contributed by atoms with Crippen molar-refractivity contribution in [3.8, 4) is 5.75 Å². The van der Waals surface area contributed by atoms with Crippen molar-refractivity contribution < 1.29 is 26.4 Å². The number of carbonyl (C=O) groups excluding carboxylic acids is 1. The fourth-order valence-electron chi connectivity index (χ4n) is 3.39. The SMILES string of the molecule is CCOc1ccc(N2C(=O)C(C)CS2(=O)=O)cc1S(=O)(=O)N(CC)c1ccccc1. The zero-order valence-corrected chi connectivity index (χ0v) is 18.6. The van der Waals surface area contributed by atoms with Crippen LogP contribution in [-0.4, -0.2) is 41.6 Å². The van der Waals surface area contributed by atoms with Crippen LogP contribution in [0.15, 0.2) is 53.4 Å². The number of para-hydroxylation sites is 1. The van der Waals surface area contributed by atoms with Gasteiger partial charge in [0.25, 0.3) is 10.0 Å². The van der Waals surface area contributed by atoms with Crippen molar-refractivity contribution in [2.75, 3.05) is 27.5 Å². The average Bonchev–Trinajstić information content (AvgIpc) is 2.90. The number of nitrogens with zero attached hydrogens (tertiary/aromatic N) is 2. The highest BCUT2D eigenvalue weighted by atomic mass is 32.2. The van der Waals surface area contributed by atoms with E-state index in [1.165, 1.54) is 29.4 Å². The Hall–Kier alpha value is -2.59. The van der Waals surface area contributed by atoms with Gasteiger partial charge in [-0.15, -0.1) is 0 Å². The molecule has 0 N–H and O–H groups in total. The molecular formula is C20H24N2O6S2. The van der Waals surface area contributed by atoms with E-state index < -0.39 is 31.9 Å². The van der Waals surface area contributed by atoms with Crippen molar-refractivity contribution in [3.63, 3.8) is 0 Å². The van der Waals surface area contributed by atoms with Gasteiger partial charge in [0, 0.05) is 6.54 Å². The van der Waals surface area contributed by atoms with E-state index in [1.807, 2.05) is 0 Å². The zero-order valence-electron chi connectivity index (χ0n) is 17.0. The highest BCUT2D eigenvalue weighted by molar-refractivity contribution is 7.94. The van der Waals surface area contributed by atoms with Crippen LogP contribution in [0.25, 0.3) is 0 Å². The summed E-state index contributed by atoms with van der Waals surface area (Å²) in [4.78, 5) is 12.3. The maximum absolute atomic E-state index is 13.5. The average molecular weight is 453 g/mol. The van der Waals surface area contributed by atoms with Crippen LogP contribution in [-0.2, 0) is 24.8 Å². The lowest BCUT2D eigenvalue weighted by molar-refractivity contribution is -0.119. The van der Waals surface area contributed by atoms with Gasteiger partial charge < -0.3 is 4.74 Å². The van der Waals surface area contributed by atoms with E-state index in [0.29, 0.717) is 9.99 Å². The first-order valence-electron chi connectivity index (χ1n) is 9.55. The largest absolute Gasteiger partial charge is 0.492 e. The Morgan fingerprint density at radius 2 is 1.80 bits per heavy atom. The number of rotatable bonds is 7. The smallest absolute Gasteiger partial charge is 0.268 e. The van der Waals surface area contributed by atoms with Crippen molar-refractivity contribution in [3.05, 3.63) is 48.5 Å². The molecule has 2 aromatic carbocycles. The summed E-state index contributed by atoms with van der Waals surface area (Å²) in [7, 11) is -7.97. The van der Waals surface area contributed by atoms with Gasteiger partial charge in [0.1, 0.15) is 10.6 Å². The van der Waals surface area contributed by atoms with Gasteiger partial charge >= 0.3 is 0 Å². The molecule has 10 heteroatoms. The normalized spacial score (nSPS) is 18.4. The van der Waals surface area contributed by atoms with Crippen molar-refractivity contribution in [1.82, 2.24) is 0 Å². The summed E-state index contributed by atoms with van der Waals surface area (Å²) in [6.45, 7) is 5.32. The summed E-state index contributed by atoms with van der Waals surface area (Å²) in [5.41, 5.74) is 0.446. The van der Waals surface area contributed by atoms with Gasteiger partial charge in [-0.05, 0) is 44.2 Å². The molecule has 0 radical (unpaired) electrons. The summed E-state index contributed by atoms with van der Waals surface area (Å²) >= 11 is 0. The van der Waals surface area contributed by atoms with Crippen LogP contribution in [0, 0.1) is 5.92 Å². The number of anilines is 2. The monoisotopic (exact) mass is 452 g/mol. The predicted molar refractivity (Wildman–Crippen MR) is 115 cm³/mol. The quantitative estimate of drug-likeness (QED) is 0.640. The molecule has 162 valence electrons. The third kappa shape index (κ3) is 3.89. The molecule has 2 aromatic rings. The van der Waals surface area contributed by atoms with Crippen molar-refractivity contribution in [2.24, 2.45) is 5.92 Å². The highest BCUT2D eigenvalue weighted by Crippen LogP contribution is 2.36. The second-order valence-electron chi connectivity index (χ2n) is 6.85. The van der Waals surface area contributed by atoms with Crippen LogP contribution < -0.4 is 13.3 Å². The van der Waals surface area contributed by atoms with Gasteiger partial charge in [-0.1, -0.05) is 25.1 Å². The molecule has 1 amide bonds. The lowest BCUT2D eigenvalue weighted by Crippen LogP contribution is -2.32. The minimum absolute atomic E-state index is 0.0181. The summed E-state index contributed by atoms with van der Waals surface area (Å²) in [6.07, 6.45) is 0. The molecule has 1 aliphatic rings. The molecule has 0 saturated carbocycles. The molecule has 1 atom stereocenters. The molecule has 8 nitrogen and oxygen atoms in total. The first-order valence-corrected chi connectivity index (χ1v) is 12.6. The predicted octanol–water partition coefficient (Wildman–Crippen LogP) is 2.61. The molecule has 1 fully saturated rings. The third-order valence-electron chi connectivity index (χ3n) is 4.72. The Morgan fingerprint density at radius 1 is 1.13 bits per heavy atom. The molecule has 1 aliphatic heterocycles. The number of sulfonamides is 2. The van der Waals surface area contributed by atoms with Gasteiger partial charge in [-0.3, -0.25) is 9.10 Å². The molecule has 0 bridgehead atoms. The van der Waals surface area contributed by atoms with E-state index in [4.69, 9.17) is 4.74 Å². The topological polar surface area (TPSA) is 101 Å². The van der Waals surface area contributed by atoms with E-state index >= 15 is 0 Å². The summed E-state index contributed by atoms with van der Waals surface area (Å²) in [5, 5.41) is 0. The maximum Gasteiger partial charge on any atom is 0.268 e. The van der Waals surface area contributed by atoms with Gasteiger partial charge in [0.15, 0.2) is 0 Å². The van der Waals surface area contributed by atoms with E-state index in [9.17, 15) is 21.6 Å². The minimum atomic E-state index is -4.10. The van der Waals surface area contributed by atoms with Crippen LogP contribution in [0.2, 0.25) is 0 Å². The number of ether oxygens (including phenoxy) is 1. The molecule has 1 heterocycles. The number of amides is 1. The van der Waals surface area contributed by atoms with Crippen LogP contribution in [0.3, 0.4) is 0 Å². The molecule has 3 rings (SSSR count). The van der Waals surface area contributed by atoms with Gasteiger partial charge in [0.2, 0.25) is 15.9 Å². The van der Waals surface area contributed by atoms with Gasteiger partial charge in [-0.2, -0.15) is 0 Å². The summed E-state index contributed by atoms with van der Waals surface area (Å²) < 4.78 is 59.4. The van der Waals surface area contributed by atoms with Crippen molar-refractivity contribution in [1.29, 1.82) is 0 Å². The lowest BCUT2D eigenvalue weighted by atomic mass is 10.2. The Kier molecular flexibility index (Phi) is 6.09. The molecule has 30 heavy (non-hydrogen) atoms. The lowest BCUT2D eigenvalue weighted by Gasteiger charge is -2.25. The summed E-state index contributed by atoms with van der Waals surface area (Å²) in [5.74, 6) is -1.50. The second kappa shape index (κ2) is 8.27. The summed E-state index contributed by atoms with van der Waals surface area (Å²) in [6, 6.07) is 12.5. The Labute approximate surface area is 177 Å². The molecule has 1 unspecified atom stereocenters. The molecule has 0 aromatic heterocycles.